The van der Waals surface area contributed by atoms with Gasteiger partial charge in [-0.25, -0.2) is 9.37 Å². The van der Waals surface area contributed by atoms with Crippen molar-refractivity contribution in [2.75, 3.05) is 0 Å². The molecule has 0 unspecified atom stereocenters. The number of hydrogen-bond acceptors (Lipinski definition) is 2. The lowest BCUT2D eigenvalue weighted by Gasteiger charge is -2.12. The third-order valence-electron chi connectivity index (χ3n) is 4.42. The number of hydrogen-bond donors (Lipinski definition) is 0. The lowest BCUT2D eigenvalue weighted by molar-refractivity contribution is 0.627. The summed E-state index contributed by atoms with van der Waals surface area (Å²) >= 11 is 5.16. The van der Waals surface area contributed by atoms with E-state index in [0.717, 1.165) is 38.7 Å². The molecule has 140 valence electrons. The molecule has 3 aromatic carbocycles. The molecule has 28 heavy (non-hydrogen) atoms. The van der Waals surface area contributed by atoms with Crippen LogP contribution in [-0.4, -0.2) is 9.55 Å². The highest BCUT2D eigenvalue weighted by Gasteiger charge is 2.13. The summed E-state index contributed by atoms with van der Waals surface area (Å²) in [5, 5.41) is 0.950. The van der Waals surface area contributed by atoms with E-state index in [9.17, 15) is 4.39 Å². The molecule has 0 atom stereocenters. The molecule has 0 bridgehead atoms. The molecule has 0 aliphatic heterocycles. The largest absolute Gasteiger partial charge is 0.314 e. The molecule has 4 rings (SSSR count). The fourth-order valence-electron chi connectivity index (χ4n) is 2.97. The number of halogens is 2. The first-order valence-electron chi connectivity index (χ1n) is 8.92. The Morgan fingerprint density at radius 2 is 1.57 bits per heavy atom. The average Bonchev–Trinajstić information content (AvgIpc) is 3.11. The Morgan fingerprint density at radius 1 is 0.857 bits per heavy atom. The van der Waals surface area contributed by atoms with Gasteiger partial charge in [-0.05, 0) is 41.0 Å². The Kier molecular flexibility index (Phi) is 5.93. The first kappa shape index (κ1) is 19.0. The van der Waals surface area contributed by atoms with Crippen LogP contribution in [0.25, 0.3) is 11.3 Å². The highest BCUT2D eigenvalue weighted by molar-refractivity contribution is 9.10. The van der Waals surface area contributed by atoms with Crippen LogP contribution in [0, 0.1) is 5.82 Å². The zero-order valence-corrected chi connectivity index (χ0v) is 17.5. The maximum absolute atomic E-state index is 13.1. The van der Waals surface area contributed by atoms with E-state index in [0.29, 0.717) is 0 Å². The van der Waals surface area contributed by atoms with Crippen LogP contribution in [0.3, 0.4) is 0 Å². The predicted octanol–water partition coefficient (Wildman–Crippen LogP) is 6.79. The van der Waals surface area contributed by atoms with Crippen molar-refractivity contribution in [3.05, 3.63) is 106 Å². The van der Waals surface area contributed by atoms with Gasteiger partial charge in [-0.3, -0.25) is 0 Å². The Bertz CT molecular complexity index is 1040. The lowest BCUT2D eigenvalue weighted by Crippen LogP contribution is -2.03. The van der Waals surface area contributed by atoms with Gasteiger partial charge >= 0.3 is 0 Å². The average molecular weight is 453 g/mol. The van der Waals surface area contributed by atoms with Gasteiger partial charge in [0, 0.05) is 10.2 Å². The molecule has 0 spiro atoms. The van der Waals surface area contributed by atoms with E-state index in [4.69, 9.17) is 0 Å². The monoisotopic (exact) mass is 452 g/mol. The first-order chi connectivity index (χ1) is 13.7. The summed E-state index contributed by atoms with van der Waals surface area (Å²) in [6.45, 7) is 0.748. The minimum absolute atomic E-state index is 0.211. The summed E-state index contributed by atoms with van der Waals surface area (Å²) in [7, 11) is 0. The smallest absolute Gasteiger partial charge is 0.169 e. The molecule has 0 radical (unpaired) electrons. The molecule has 0 amide bonds. The Labute approximate surface area is 176 Å². The van der Waals surface area contributed by atoms with Crippen molar-refractivity contribution in [3.8, 4) is 11.3 Å². The molecule has 1 aromatic heterocycles. The predicted molar refractivity (Wildman–Crippen MR) is 117 cm³/mol. The topological polar surface area (TPSA) is 17.8 Å². The number of benzene rings is 3. The highest BCUT2D eigenvalue weighted by Crippen LogP contribution is 2.30. The van der Waals surface area contributed by atoms with Crippen LogP contribution in [0.5, 0.6) is 0 Å². The summed E-state index contributed by atoms with van der Waals surface area (Å²) in [6.07, 6.45) is 1.93. The van der Waals surface area contributed by atoms with Gasteiger partial charge in [-0.2, -0.15) is 0 Å². The van der Waals surface area contributed by atoms with Crippen molar-refractivity contribution in [2.24, 2.45) is 0 Å². The second-order valence-electron chi connectivity index (χ2n) is 6.42. The van der Waals surface area contributed by atoms with Gasteiger partial charge in [0.2, 0.25) is 0 Å². The summed E-state index contributed by atoms with van der Waals surface area (Å²) in [6, 6.07) is 25.3. The standard InChI is InChI=1S/C23H18BrFN2S/c24-20-10-8-19(9-11-20)22-14-26-23(27(22)15-17-4-2-1-3-5-17)28-16-18-6-12-21(25)13-7-18/h1-14H,15-16H2. The molecular formula is C23H18BrFN2S. The van der Waals surface area contributed by atoms with E-state index >= 15 is 0 Å². The molecule has 1 heterocycles. The Balaban J connectivity index is 1.65. The summed E-state index contributed by atoms with van der Waals surface area (Å²) in [5.74, 6) is 0.531. The molecule has 2 nitrogen and oxygen atoms in total. The first-order valence-corrected chi connectivity index (χ1v) is 10.7. The van der Waals surface area contributed by atoms with Crippen molar-refractivity contribution in [1.82, 2.24) is 9.55 Å². The molecular weight excluding hydrogens is 435 g/mol. The number of thioether (sulfide) groups is 1. The number of nitrogens with zero attached hydrogens (tertiary/aromatic N) is 2. The maximum atomic E-state index is 13.1. The Hall–Kier alpha value is -2.37. The molecule has 5 heteroatoms. The molecule has 0 saturated heterocycles. The normalized spacial score (nSPS) is 10.9. The highest BCUT2D eigenvalue weighted by atomic mass is 79.9. The molecule has 0 fully saturated rings. The zero-order chi connectivity index (χ0) is 19.3. The van der Waals surface area contributed by atoms with Gasteiger partial charge in [0.05, 0.1) is 18.4 Å². The van der Waals surface area contributed by atoms with Gasteiger partial charge in [0.25, 0.3) is 0 Å². The fourth-order valence-corrected chi connectivity index (χ4v) is 4.17. The van der Waals surface area contributed by atoms with Gasteiger partial charge in [-0.1, -0.05) is 82.3 Å². The van der Waals surface area contributed by atoms with E-state index in [2.05, 4.69) is 61.9 Å². The van der Waals surface area contributed by atoms with Crippen molar-refractivity contribution < 1.29 is 4.39 Å². The molecule has 0 aliphatic carbocycles. The van der Waals surface area contributed by atoms with Gasteiger partial charge in [-0.15, -0.1) is 0 Å². The Morgan fingerprint density at radius 3 is 2.29 bits per heavy atom. The molecule has 0 N–H and O–H groups in total. The second kappa shape index (κ2) is 8.76. The van der Waals surface area contributed by atoms with Crippen LogP contribution < -0.4 is 0 Å². The van der Waals surface area contributed by atoms with E-state index in [-0.39, 0.29) is 5.82 Å². The fraction of sp³-hybridized carbons (Fsp3) is 0.0870. The summed E-state index contributed by atoms with van der Waals surface area (Å²) in [5.41, 5.74) is 4.51. The number of aromatic nitrogens is 2. The third kappa shape index (κ3) is 4.54. The summed E-state index contributed by atoms with van der Waals surface area (Å²) in [4.78, 5) is 4.68. The molecule has 0 saturated carbocycles. The third-order valence-corrected chi connectivity index (χ3v) is 6.01. The van der Waals surface area contributed by atoms with E-state index in [1.165, 1.54) is 17.7 Å². The minimum atomic E-state index is -0.211. The van der Waals surface area contributed by atoms with Crippen LogP contribution in [0.2, 0.25) is 0 Å². The van der Waals surface area contributed by atoms with Crippen LogP contribution in [0.1, 0.15) is 11.1 Å². The quantitative estimate of drug-likeness (QED) is 0.299. The van der Waals surface area contributed by atoms with Crippen molar-refractivity contribution >= 4 is 27.7 Å². The second-order valence-corrected chi connectivity index (χ2v) is 8.28. The summed E-state index contributed by atoms with van der Waals surface area (Å²) < 4.78 is 16.4. The minimum Gasteiger partial charge on any atom is -0.314 e. The van der Waals surface area contributed by atoms with Gasteiger partial charge in [0.1, 0.15) is 5.82 Å². The molecule has 0 aliphatic rings. The van der Waals surface area contributed by atoms with E-state index in [1.54, 1.807) is 11.8 Å². The number of rotatable bonds is 6. The van der Waals surface area contributed by atoms with Crippen LogP contribution in [0.15, 0.2) is 94.7 Å². The maximum Gasteiger partial charge on any atom is 0.169 e. The van der Waals surface area contributed by atoms with E-state index < -0.39 is 0 Å². The zero-order valence-electron chi connectivity index (χ0n) is 15.1. The van der Waals surface area contributed by atoms with Gasteiger partial charge in [0.15, 0.2) is 5.16 Å². The van der Waals surface area contributed by atoms with Crippen LogP contribution in [-0.2, 0) is 12.3 Å². The van der Waals surface area contributed by atoms with Crippen LogP contribution >= 0.6 is 27.7 Å². The van der Waals surface area contributed by atoms with Crippen molar-refractivity contribution in [2.45, 2.75) is 17.5 Å². The number of imidazole rings is 1. The van der Waals surface area contributed by atoms with Crippen molar-refractivity contribution in [1.29, 1.82) is 0 Å². The lowest BCUT2D eigenvalue weighted by atomic mass is 10.1. The van der Waals surface area contributed by atoms with Gasteiger partial charge < -0.3 is 4.57 Å². The van der Waals surface area contributed by atoms with Crippen LogP contribution in [0.4, 0.5) is 4.39 Å². The SMILES string of the molecule is Fc1ccc(CSc2ncc(-c3ccc(Br)cc3)n2Cc2ccccc2)cc1. The van der Waals surface area contributed by atoms with Crippen molar-refractivity contribution in [3.63, 3.8) is 0 Å². The van der Waals surface area contributed by atoms with E-state index in [1.807, 2.05) is 36.5 Å². The molecule has 4 aromatic rings.